The van der Waals surface area contributed by atoms with E-state index in [2.05, 4.69) is 129 Å². The number of rotatable bonds is 56. The highest BCUT2D eigenvalue weighted by Gasteiger charge is 2.51. The third kappa shape index (κ3) is 41.2. The first-order valence-corrected chi connectivity index (χ1v) is 35.1. The van der Waals surface area contributed by atoms with Gasteiger partial charge < -0.3 is 65.1 Å². The summed E-state index contributed by atoms with van der Waals surface area (Å²) in [5.74, 6) is -0.220. The molecular weight excluding hydrogens is 1110 g/mol. The van der Waals surface area contributed by atoms with Gasteiger partial charge in [0.1, 0.15) is 48.8 Å². The lowest BCUT2D eigenvalue weighted by Gasteiger charge is -2.46. The van der Waals surface area contributed by atoms with E-state index in [0.29, 0.717) is 12.8 Å². The van der Waals surface area contributed by atoms with E-state index in [1.165, 1.54) is 103 Å². The SMILES string of the molecule is CC/C=C\C/C=C\C/C=C\C/C=C\C/C=C\C/C=C\C/C=C\C/C=C\C/C=C\CCCCCCCCCC(=O)NC(COC1OC(CO)C(OC2OC(CO)C(O)C(O)C2O)C(O)C1O)C(O)CCCCCCCCCCCCCCCCCCCCC. The first-order chi connectivity index (χ1) is 43.1. The largest absolute Gasteiger partial charge is 0.394 e. The van der Waals surface area contributed by atoms with Crippen LogP contribution < -0.4 is 5.32 Å². The van der Waals surface area contributed by atoms with E-state index in [-0.39, 0.29) is 18.9 Å². The number of amides is 1. The molecule has 2 aliphatic heterocycles. The number of ether oxygens (including phenoxy) is 4. The van der Waals surface area contributed by atoms with Crippen LogP contribution in [-0.2, 0) is 23.7 Å². The summed E-state index contributed by atoms with van der Waals surface area (Å²) in [6.45, 7) is 2.75. The van der Waals surface area contributed by atoms with Crippen LogP contribution in [-0.4, -0.2) is 140 Å². The molecule has 0 spiro atoms. The fourth-order valence-electron chi connectivity index (χ4n) is 10.9. The van der Waals surface area contributed by atoms with Crippen LogP contribution in [0.15, 0.2) is 109 Å². The highest BCUT2D eigenvalue weighted by molar-refractivity contribution is 5.76. The molecule has 9 N–H and O–H groups in total. The molecule has 2 heterocycles. The van der Waals surface area contributed by atoms with Crippen molar-refractivity contribution in [1.82, 2.24) is 5.32 Å². The van der Waals surface area contributed by atoms with Crippen LogP contribution in [0.2, 0.25) is 0 Å². The highest BCUT2D eigenvalue weighted by Crippen LogP contribution is 2.30. The zero-order valence-electron chi connectivity index (χ0n) is 54.9. The van der Waals surface area contributed by atoms with E-state index < -0.39 is 86.8 Å². The maximum Gasteiger partial charge on any atom is 0.220 e. The first-order valence-electron chi connectivity index (χ1n) is 35.1. The molecule has 2 rings (SSSR count). The summed E-state index contributed by atoms with van der Waals surface area (Å²) >= 11 is 0. The fraction of sp³-hybridized carbons (Fsp3) is 0.743. The van der Waals surface area contributed by atoms with Crippen molar-refractivity contribution in [2.24, 2.45) is 0 Å². The van der Waals surface area contributed by atoms with Gasteiger partial charge in [-0.3, -0.25) is 4.79 Å². The Balaban J connectivity index is 1.67. The second-order valence-corrected chi connectivity index (χ2v) is 24.3. The lowest BCUT2D eigenvalue weighted by atomic mass is 9.97. The van der Waals surface area contributed by atoms with Crippen molar-refractivity contribution < 1.29 is 64.6 Å². The van der Waals surface area contributed by atoms with Gasteiger partial charge in [0.05, 0.1) is 32.0 Å². The van der Waals surface area contributed by atoms with Gasteiger partial charge in [-0.05, 0) is 83.5 Å². The number of carbonyl (C=O) groups excluding carboxylic acids is 1. The summed E-state index contributed by atoms with van der Waals surface area (Å²) in [4.78, 5) is 13.3. The Morgan fingerprint density at radius 2 is 0.784 bits per heavy atom. The number of unbranched alkanes of at least 4 members (excludes halogenated alkanes) is 25. The van der Waals surface area contributed by atoms with E-state index in [0.717, 1.165) is 122 Å². The second kappa shape index (κ2) is 57.5. The topological polar surface area (TPSA) is 228 Å². The molecule has 12 unspecified atom stereocenters. The van der Waals surface area contributed by atoms with Crippen molar-refractivity contribution in [3.63, 3.8) is 0 Å². The number of allylic oxidation sites excluding steroid dienone is 18. The van der Waals surface area contributed by atoms with Crippen molar-refractivity contribution in [1.29, 1.82) is 0 Å². The molecule has 0 bridgehead atoms. The molecule has 88 heavy (non-hydrogen) atoms. The van der Waals surface area contributed by atoms with Crippen LogP contribution in [0.1, 0.15) is 258 Å². The number of aliphatic hydroxyl groups is 8. The molecule has 0 aromatic rings. The van der Waals surface area contributed by atoms with Gasteiger partial charge in [-0.1, -0.05) is 277 Å². The van der Waals surface area contributed by atoms with E-state index in [4.69, 9.17) is 18.9 Å². The van der Waals surface area contributed by atoms with Crippen molar-refractivity contribution in [3.05, 3.63) is 109 Å². The zero-order chi connectivity index (χ0) is 63.8. The zero-order valence-corrected chi connectivity index (χ0v) is 54.9. The lowest BCUT2D eigenvalue weighted by molar-refractivity contribution is -0.359. The Hall–Kier alpha value is -3.35. The van der Waals surface area contributed by atoms with Gasteiger partial charge in [0.15, 0.2) is 12.6 Å². The van der Waals surface area contributed by atoms with Gasteiger partial charge in [0.2, 0.25) is 5.91 Å². The fourth-order valence-corrected chi connectivity index (χ4v) is 10.9. The number of hydrogen-bond donors (Lipinski definition) is 9. The lowest BCUT2D eigenvalue weighted by Crippen LogP contribution is -2.65. The Labute approximate surface area is 534 Å². The quantitative estimate of drug-likeness (QED) is 0.0204. The smallest absolute Gasteiger partial charge is 0.220 e. The summed E-state index contributed by atoms with van der Waals surface area (Å²) in [7, 11) is 0. The normalized spacial score (nSPS) is 23.8. The maximum atomic E-state index is 13.3. The van der Waals surface area contributed by atoms with Crippen molar-refractivity contribution >= 4 is 5.91 Å². The van der Waals surface area contributed by atoms with Gasteiger partial charge in [-0.2, -0.15) is 0 Å². The van der Waals surface area contributed by atoms with Crippen LogP contribution in [0.25, 0.3) is 0 Å². The minimum absolute atomic E-state index is 0.220. The molecule has 2 fully saturated rings. The molecular formula is C74H127NO13. The molecule has 0 aliphatic carbocycles. The van der Waals surface area contributed by atoms with Gasteiger partial charge in [0.25, 0.3) is 0 Å². The van der Waals surface area contributed by atoms with Crippen LogP contribution in [0.3, 0.4) is 0 Å². The molecule has 12 atom stereocenters. The standard InChI is InChI=1S/C74H127NO13/c1-3-5-7-9-11-13-15-17-19-21-23-24-25-26-27-28-29-30-31-32-33-34-35-36-37-38-40-42-44-46-48-50-52-54-56-58-66(79)75-62(63(78)57-55-53-51-49-47-45-43-41-39-22-20-18-16-14-12-10-8-6-4-2)61-85-73-71(84)69(82)72(65(60-77)87-73)88-74-70(83)68(81)67(80)64(59-76)86-74/h5,7,11,13,17,19,23-24,26-27,29-30,32-33,35-36,38,40,62-65,67-74,76-78,80-84H,3-4,6,8-10,12,14-16,18,20-22,25,28,31,34,37,39,41-61H2,1-2H3,(H,75,79)/b7-5-,13-11-,19-17-,24-23-,27-26-,30-29-,33-32-,36-35-,40-38-. The minimum Gasteiger partial charge on any atom is -0.394 e. The van der Waals surface area contributed by atoms with E-state index in [1.807, 2.05) is 0 Å². The average molecular weight is 1240 g/mol. The van der Waals surface area contributed by atoms with Crippen LogP contribution in [0.4, 0.5) is 0 Å². The van der Waals surface area contributed by atoms with E-state index >= 15 is 0 Å². The molecule has 14 nitrogen and oxygen atoms in total. The van der Waals surface area contributed by atoms with Gasteiger partial charge in [-0.25, -0.2) is 0 Å². The minimum atomic E-state index is -1.79. The predicted octanol–water partition coefficient (Wildman–Crippen LogP) is 14.3. The number of nitrogens with one attached hydrogen (secondary N) is 1. The maximum absolute atomic E-state index is 13.3. The molecule has 1 amide bonds. The Morgan fingerprint density at radius 1 is 0.420 bits per heavy atom. The van der Waals surface area contributed by atoms with Crippen LogP contribution in [0.5, 0.6) is 0 Å². The highest BCUT2D eigenvalue weighted by atomic mass is 16.7. The molecule has 2 saturated heterocycles. The van der Waals surface area contributed by atoms with Crippen LogP contribution >= 0.6 is 0 Å². The number of hydrogen-bond acceptors (Lipinski definition) is 13. The molecule has 14 heteroatoms. The molecule has 0 aromatic heterocycles. The molecule has 0 radical (unpaired) electrons. The first kappa shape index (κ1) is 80.7. The van der Waals surface area contributed by atoms with Crippen LogP contribution in [0, 0.1) is 0 Å². The van der Waals surface area contributed by atoms with Crippen molar-refractivity contribution in [2.75, 3.05) is 19.8 Å². The van der Waals surface area contributed by atoms with Crippen molar-refractivity contribution in [3.8, 4) is 0 Å². The summed E-state index contributed by atoms with van der Waals surface area (Å²) in [5, 5.41) is 87.6. The van der Waals surface area contributed by atoms with E-state index in [1.54, 1.807) is 0 Å². The number of carbonyl (C=O) groups is 1. The Kier molecular flexibility index (Phi) is 52.8. The van der Waals surface area contributed by atoms with Gasteiger partial charge >= 0.3 is 0 Å². The summed E-state index contributed by atoms with van der Waals surface area (Å²) in [6.07, 6.45) is 65.2. The number of aliphatic hydroxyl groups excluding tert-OH is 8. The molecule has 2 aliphatic rings. The van der Waals surface area contributed by atoms with Gasteiger partial charge in [0, 0.05) is 6.42 Å². The summed E-state index contributed by atoms with van der Waals surface area (Å²) in [6, 6.07) is -0.844. The third-order valence-electron chi connectivity index (χ3n) is 16.5. The second-order valence-electron chi connectivity index (χ2n) is 24.3. The predicted molar refractivity (Wildman–Crippen MR) is 359 cm³/mol. The summed E-state index contributed by atoms with van der Waals surface area (Å²) in [5.41, 5.74) is 0. The Morgan fingerprint density at radius 3 is 1.20 bits per heavy atom. The Bertz CT molecular complexity index is 1890. The van der Waals surface area contributed by atoms with Crippen molar-refractivity contribution in [2.45, 2.75) is 331 Å². The average Bonchev–Trinajstić information content (AvgIpc) is 1.84. The molecule has 0 aromatic carbocycles. The molecule has 506 valence electrons. The summed E-state index contributed by atoms with van der Waals surface area (Å²) < 4.78 is 22.9. The monoisotopic (exact) mass is 1240 g/mol. The third-order valence-corrected chi connectivity index (χ3v) is 16.5. The van der Waals surface area contributed by atoms with Gasteiger partial charge in [-0.15, -0.1) is 0 Å². The molecule has 0 saturated carbocycles. The van der Waals surface area contributed by atoms with E-state index in [9.17, 15) is 45.6 Å².